The van der Waals surface area contributed by atoms with E-state index >= 15 is 4.39 Å². The van der Waals surface area contributed by atoms with Gasteiger partial charge in [0.25, 0.3) is 5.91 Å². The van der Waals surface area contributed by atoms with Crippen LogP contribution in [0, 0.1) is 5.82 Å². The number of nitrogens with zero attached hydrogens (tertiary/aromatic N) is 6. The fourth-order valence-corrected chi connectivity index (χ4v) is 6.03. The molecular weight excluding hydrogens is 715 g/mol. The molecule has 4 aromatic rings. The van der Waals surface area contributed by atoms with Crippen LogP contribution in [0.1, 0.15) is 34.8 Å². The van der Waals surface area contributed by atoms with Crippen molar-refractivity contribution in [1.29, 1.82) is 0 Å². The van der Waals surface area contributed by atoms with Gasteiger partial charge in [0.1, 0.15) is 5.82 Å². The SMILES string of the molecule is NCCOCCOCCOCCOCCOCCNC(=O)CN1CCN(C(=O)c2ccc(Nc3nc(C4CC4)cn4c(-c5cn[nH]c5)cnc34)c(F)c2)CC1. The van der Waals surface area contributed by atoms with E-state index in [1.54, 1.807) is 35.6 Å². The minimum Gasteiger partial charge on any atom is -0.378 e. The van der Waals surface area contributed by atoms with E-state index in [-0.39, 0.29) is 29.6 Å². The van der Waals surface area contributed by atoms with Crippen molar-refractivity contribution in [1.82, 2.24) is 39.7 Å². The summed E-state index contributed by atoms with van der Waals surface area (Å²) in [7, 11) is 0. The molecule has 0 bridgehead atoms. The average Bonchev–Trinajstić information content (AvgIpc) is 3.73. The van der Waals surface area contributed by atoms with E-state index in [0.717, 1.165) is 29.8 Å². The number of carbonyl (C=O) groups is 2. The van der Waals surface area contributed by atoms with Gasteiger partial charge < -0.3 is 45.0 Å². The molecule has 1 aliphatic carbocycles. The number of benzene rings is 1. The Morgan fingerprint density at radius 2 is 1.56 bits per heavy atom. The van der Waals surface area contributed by atoms with E-state index in [1.165, 1.54) is 6.07 Å². The summed E-state index contributed by atoms with van der Waals surface area (Å²) in [6.45, 7) is 7.70. The Hall–Kier alpha value is -4.56. The number of fused-ring (bicyclic) bond motifs is 1. The molecule has 6 rings (SSSR count). The zero-order chi connectivity index (χ0) is 38.2. The van der Waals surface area contributed by atoms with Crippen LogP contribution >= 0.6 is 0 Å². The highest BCUT2D eigenvalue weighted by Gasteiger charge is 2.28. The van der Waals surface area contributed by atoms with Gasteiger partial charge in [0.15, 0.2) is 11.5 Å². The molecule has 5 N–H and O–H groups in total. The molecule has 4 heterocycles. The third-order valence-electron chi connectivity index (χ3n) is 9.12. The van der Waals surface area contributed by atoms with Crippen molar-refractivity contribution in [2.75, 3.05) is 117 Å². The molecule has 1 aromatic carbocycles. The monoisotopic (exact) mass is 766 g/mol. The van der Waals surface area contributed by atoms with E-state index in [9.17, 15) is 9.59 Å². The largest absolute Gasteiger partial charge is 0.378 e. The van der Waals surface area contributed by atoms with Crippen molar-refractivity contribution in [3.63, 3.8) is 0 Å². The van der Waals surface area contributed by atoms with Crippen LogP contribution in [0.3, 0.4) is 0 Å². The number of nitrogens with two attached hydrogens (primary N) is 1. The Morgan fingerprint density at radius 3 is 2.18 bits per heavy atom. The number of halogens is 1. The summed E-state index contributed by atoms with van der Waals surface area (Å²) in [4.78, 5) is 38.8. The number of ether oxygens (including phenoxy) is 5. The van der Waals surface area contributed by atoms with Crippen LogP contribution in [0.15, 0.2) is 43.0 Å². The van der Waals surface area contributed by atoms with Gasteiger partial charge in [-0.15, -0.1) is 0 Å². The predicted molar refractivity (Wildman–Crippen MR) is 201 cm³/mol. The van der Waals surface area contributed by atoms with Gasteiger partial charge in [-0.3, -0.25) is 24.0 Å². The van der Waals surface area contributed by atoms with Crippen LogP contribution in [0.5, 0.6) is 0 Å². The topological polar surface area (TPSA) is 196 Å². The lowest BCUT2D eigenvalue weighted by Gasteiger charge is -2.34. The van der Waals surface area contributed by atoms with Crippen LogP contribution in [0.25, 0.3) is 16.9 Å². The molecule has 0 spiro atoms. The first-order valence-corrected chi connectivity index (χ1v) is 18.8. The maximum atomic E-state index is 15.5. The molecule has 1 saturated carbocycles. The lowest BCUT2D eigenvalue weighted by molar-refractivity contribution is -0.122. The number of aromatic nitrogens is 5. The molecule has 3 aromatic heterocycles. The average molecular weight is 767 g/mol. The van der Waals surface area contributed by atoms with Gasteiger partial charge >= 0.3 is 0 Å². The number of anilines is 2. The number of imidazole rings is 1. The number of H-pyrrole nitrogens is 1. The maximum Gasteiger partial charge on any atom is 0.254 e. The van der Waals surface area contributed by atoms with Crippen molar-refractivity contribution in [3.8, 4) is 11.3 Å². The van der Waals surface area contributed by atoms with Gasteiger partial charge in [-0.2, -0.15) is 5.10 Å². The molecule has 0 radical (unpaired) electrons. The molecule has 18 heteroatoms. The summed E-state index contributed by atoms with van der Waals surface area (Å²) >= 11 is 0. The minimum atomic E-state index is -0.569. The Morgan fingerprint density at radius 1 is 0.891 bits per heavy atom. The molecule has 2 amide bonds. The number of piperazine rings is 1. The number of hydrogen-bond acceptors (Lipinski definition) is 13. The number of rotatable bonds is 24. The lowest BCUT2D eigenvalue weighted by atomic mass is 10.1. The quantitative estimate of drug-likeness (QED) is 0.0755. The predicted octanol–water partition coefficient (Wildman–Crippen LogP) is 1.80. The summed E-state index contributed by atoms with van der Waals surface area (Å²) < 4.78 is 44.5. The van der Waals surface area contributed by atoms with Crippen molar-refractivity contribution in [2.24, 2.45) is 5.73 Å². The van der Waals surface area contributed by atoms with E-state index in [0.29, 0.717) is 123 Å². The zero-order valence-electron chi connectivity index (χ0n) is 31.1. The Labute approximate surface area is 319 Å². The fourth-order valence-electron chi connectivity index (χ4n) is 6.03. The Balaban J connectivity index is 0.850. The first kappa shape index (κ1) is 40.1. The molecule has 298 valence electrons. The molecule has 1 saturated heterocycles. The van der Waals surface area contributed by atoms with Crippen molar-refractivity contribution >= 4 is 29.0 Å². The van der Waals surface area contributed by atoms with E-state index in [2.05, 4.69) is 25.8 Å². The number of hydrogen-bond donors (Lipinski definition) is 4. The van der Waals surface area contributed by atoms with E-state index in [1.807, 2.05) is 15.5 Å². The third kappa shape index (κ3) is 12.0. The molecule has 1 aliphatic heterocycles. The standard InChI is InChI=1S/C37H51FN10O7/c38-30-21-28(3-4-31(30)44-35-36-41-24-33(29-22-42-43-23-29)48(36)25-32(45-35)27-1-2-27)37(50)47-9-7-46(8-10-47)26-34(49)40-6-12-52-14-16-54-18-20-55-19-17-53-15-13-51-11-5-39/h3-4,21-25,27H,1-2,5-20,26,39H2,(H,40,49)(H,42,43)(H,44,45). The Bertz CT molecular complexity index is 1800. The summed E-state index contributed by atoms with van der Waals surface area (Å²) in [6.07, 6.45) is 9.35. The van der Waals surface area contributed by atoms with Gasteiger partial charge in [-0.05, 0) is 31.0 Å². The fraction of sp³-hybridized carbons (Fsp3) is 0.541. The second kappa shape index (κ2) is 20.9. The molecule has 2 aliphatic rings. The van der Waals surface area contributed by atoms with Gasteiger partial charge in [-0.1, -0.05) is 0 Å². The number of nitrogens with one attached hydrogen (secondary N) is 3. The van der Waals surface area contributed by atoms with E-state index in [4.69, 9.17) is 34.4 Å². The highest BCUT2D eigenvalue weighted by molar-refractivity contribution is 5.95. The van der Waals surface area contributed by atoms with Gasteiger partial charge in [-0.25, -0.2) is 14.4 Å². The van der Waals surface area contributed by atoms with Gasteiger partial charge in [0.05, 0.1) is 102 Å². The molecule has 0 unspecified atom stereocenters. The normalized spacial score (nSPS) is 14.8. The van der Waals surface area contributed by atoms with Crippen LogP contribution in [-0.2, 0) is 28.5 Å². The van der Waals surface area contributed by atoms with Crippen molar-refractivity contribution in [2.45, 2.75) is 18.8 Å². The van der Waals surface area contributed by atoms with Crippen molar-refractivity contribution < 1.29 is 37.7 Å². The highest BCUT2D eigenvalue weighted by Crippen LogP contribution is 2.40. The van der Waals surface area contributed by atoms with Crippen LogP contribution < -0.4 is 16.4 Å². The summed E-state index contributed by atoms with van der Waals surface area (Å²) in [6, 6.07) is 4.42. The summed E-state index contributed by atoms with van der Waals surface area (Å²) in [5.74, 6) is -0.152. The molecule has 17 nitrogen and oxygen atoms in total. The molecule has 55 heavy (non-hydrogen) atoms. The summed E-state index contributed by atoms with van der Waals surface area (Å²) in [5, 5.41) is 12.9. The first-order chi connectivity index (χ1) is 27.0. The molecule has 2 fully saturated rings. The second-order valence-electron chi connectivity index (χ2n) is 13.2. The third-order valence-corrected chi connectivity index (χ3v) is 9.12. The van der Waals surface area contributed by atoms with Gasteiger partial charge in [0.2, 0.25) is 5.91 Å². The summed E-state index contributed by atoms with van der Waals surface area (Å²) in [5.41, 5.74) is 8.98. The number of aromatic amines is 1. The van der Waals surface area contributed by atoms with Crippen LogP contribution in [0.4, 0.5) is 15.9 Å². The van der Waals surface area contributed by atoms with Crippen LogP contribution in [0.2, 0.25) is 0 Å². The Kier molecular flexibility index (Phi) is 15.3. The van der Waals surface area contributed by atoms with Gasteiger partial charge in [0, 0.05) is 68.7 Å². The maximum absolute atomic E-state index is 15.5. The second-order valence-corrected chi connectivity index (χ2v) is 13.2. The number of carbonyl (C=O) groups excluding carboxylic acids is 2. The minimum absolute atomic E-state index is 0.114. The molecular formula is C37H51FN10O7. The lowest BCUT2D eigenvalue weighted by Crippen LogP contribution is -2.51. The first-order valence-electron chi connectivity index (χ1n) is 18.8. The van der Waals surface area contributed by atoms with E-state index < -0.39 is 5.82 Å². The van der Waals surface area contributed by atoms with Crippen molar-refractivity contribution in [3.05, 3.63) is 60.1 Å². The zero-order valence-corrected chi connectivity index (χ0v) is 31.1. The number of amides is 2. The molecule has 0 atom stereocenters. The van der Waals surface area contributed by atoms with Crippen LogP contribution in [-0.4, -0.2) is 158 Å². The highest BCUT2D eigenvalue weighted by atomic mass is 19.1. The smallest absolute Gasteiger partial charge is 0.254 e.